The Bertz CT molecular complexity index is 1420. The monoisotopic (exact) mass is 470 g/mol. The standard InChI is InChI=1S/C28H22O3S2/c29-33(30,31)28-6-2-4-24(20-28)10-8-22-13-17-26(18-14-22)25-15-11-21(12-16-25)7-9-23-3-1-5-27(32)19-23/h1-20,32H,(H,29,30,31)/b9-7+,10-8+. The van der Waals surface area contributed by atoms with Crippen LogP contribution in [0, 0.1) is 0 Å². The Morgan fingerprint density at radius 2 is 1.03 bits per heavy atom. The number of rotatable bonds is 6. The van der Waals surface area contributed by atoms with Gasteiger partial charge < -0.3 is 0 Å². The van der Waals surface area contributed by atoms with Gasteiger partial charge in [0.1, 0.15) is 0 Å². The van der Waals surface area contributed by atoms with E-state index in [1.807, 2.05) is 48.6 Å². The quantitative estimate of drug-likeness (QED) is 0.178. The van der Waals surface area contributed by atoms with E-state index >= 15 is 0 Å². The van der Waals surface area contributed by atoms with Gasteiger partial charge in [-0.25, -0.2) is 0 Å². The molecular weight excluding hydrogens is 448 g/mol. The predicted octanol–water partition coefficient (Wildman–Crippen LogP) is 7.23. The summed E-state index contributed by atoms with van der Waals surface area (Å²) in [6, 6.07) is 30.7. The molecule has 0 heterocycles. The minimum absolute atomic E-state index is 0.117. The van der Waals surface area contributed by atoms with Crippen LogP contribution in [-0.2, 0) is 10.1 Å². The fraction of sp³-hybridized carbons (Fsp3) is 0. The van der Waals surface area contributed by atoms with Crippen LogP contribution in [0.5, 0.6) is 0 Å². The summed E-state index contributed by atoms with van der Waals surface area (Å²) in [5.74, 6) is 0. The number of benzene rings is 4. The van der Waals surface area contributed by atoms with E-state index in [9.17, 15) is 13.0 Å². The summed E-state index contributed by atoms with van der Waals surface area (Å²) in [5.41, 5.74) is 6.15. The Kier molecular flexibility index (Phi) is 6.94. The Morgan fingerprint density at radius 1 is 0.576 bits per heavy atom. The van der Waals surface area contributed by atoms with Crippen molar-refractivity contribution in [1.29, 1.82) is 0 Å². The summed E-state index contributed by atoms with van der Waals surface area (Å²) in [7, 11) is -4.21. The Morgan fingerprint density at radius 3 is 1.52 bits per heavy atom. The van der Waals surface area contributed by atoms with Gasteiger partial charge in [-0.2, -0.15) is 8.42 Å². The summed E-state index contributed by atoms with van der Waals surface area (Å²) in [6.45, 7) is 0. The molecule has 0 saturated carbocycles. The molecular formula is C28H22O3S2. The van der Waals surface area contributed by atoms with Crippen LogP contribution in [-0.4, -0.2) is 13.0 Å². The van der Waals surface area contributed by atoms with Crippen LogP contribution in [0.25, 0.3) is 35.4 Å². The van der Waals surface area contributed by atoms with Gasteiger partial charge in [0.25, 0.3) is 10.1 Å². The molecule has 164 valence electrons. The Hall–Kier alpha value is -3.38. The van der Waals surface area contributed by atoms with Crippen molar-refractivity contribution >= 4 is 47.1 Å². The van der Waals surface area contributed by atoms with Crippen molar-refractivity contribution < 1.29 is 13.0 Å². The molecule has 0 fully saturated rings. The molecule has 4 rings (SSSR count). The van der Waals surface area contributed by atoms with Gasteiger partial charge >= 0.3 is 0 Å². The van der Waals surface area contributed by atoms with Gasteiger partial charge in [-0.1, -0.05) is 97.1 Å². The van der Waals surface area contributed by atoms with Crippen LogP contribution in [0.1, 0.15) is 22.3 Å². The first-order valence-corrected chi connectivity index (χ1v) is 12.2. The molecule has 0 aliphatic rings. The SMILES string of the molecule is O=S(=O)(O)c1cccc(/C=C/c2ccc(-c3ccc(/C=C/c4cccc(S)c4)cc3)cc2)c1. The molecule has 3 nitrogen and oxygen atoms in total. The third kappa shape index (κ3) is 6.33. The molecule has 4 aromatic carbocycles. The van der Waals surface area contributed by atoms with Gasteiger partial charge in [0.05, 0.1) is 4.90 Å². The Balaban J connectivity index is 1.44. The zero-order valence-electron chi connectivity index (χ0n) is 17.7. The van der Waals surface area contributed by atoms with Gasteiger partial charge in [0.15, 0.2) is 0 Å². The lowest BCUT2D eigenvalue weighted by atomic mass is 10.0. The number of hydrogen-bond donors (Lipinski definition) is 2. The Labute approximate surface area is 199 Å². The molecule has 33 heavy (non-hydrogen) atoms. The maximum Gasteiger partial charge on any atom is 0.294 e. The average molecular weight is 471 g/mol. The second kappa shape index (κ2) is 10.0. The van der Waals surface area contributed by atoms with Crippen molar-refractivity contribution in [3.63, 3.8) is 0 Å². The van der Waals surface area contributed by atoms with Crippen molar-refractivity contribution in [2.45, 2.75) is 9.79 Å². The van der Waals surface area contributed by atoms with E-state index in [4.69, 9.17) is 0 Å². The van der Waals surface area contributed by atoms with Crippen molar-refractivity contribution in [2.24, 2.45) is 0 Å². The van der Waals surface area contributed by atoms with Crippen LogP contribution >= 0.6 is 12.6 Å². The highest BCUT2D eigenvalue weighted by atomic mass is 32.2. The smallest absolute Gasteiger partial charge is 0.282 e. The zero-order valence-corrected chi connectivity index (χ0v) is 19.4. The second-order valence-electron chi connectivity index (χ2n) is 7.55. The van der Waals surface area contributed by atoms with E-state index in [0.29, 0.717) is 5.56 Å². The maximum atomic E-state index is 11.3. The zero-order chi connectivity index (χ0) is 23.3. The molecule has 0 radical (unpaired) electrons. The molecule has 0 atom stereocenters. The lowest BCUT2D eigenvalue weighted by Gasteiger charge is -2.04. The minimum Gasteiger partial charge on any atom is -0.282 e. The third-order valence-electron chi connectivity index (χ3n) is 5.12. The van der Waals surface area contributed by atoms with Crippen molar-refractivity contribution in [1.82, 2.24) is 0 Å². The fourth-order valence-corrected chi connectivity index (χ4v) is 4.14. The molecule has 0 saturated heterocycles. The van der Waals surface area contributed by atoms with E-state index in [0.717, 1.165) is 32.7 Å². The number of hydrogen-bond acceptors (Lipinski definition) is 3. The average Bonchev–Trinajstić information content (AvgIpc) is 2.82. The first-order chi connectivity index (χ1) is 15.9. The molecule has 0 aliphatic carbocycles. The first-order valence-electron chi connectivity index (χ1n) is 10.3. The molecule has 1 N–H and O–H groups in total. The van der Waals surface area contributed by atoms with E-state index in [2.05, 4.69) is 61.2 Å². The summed E-state index contributed by atoms with van der Waals surface area (Å²) in [4.78, 5) is 0.825. The lowest BCUT2D eigenvalue weighted by molar-refractivity contribution is 0.483. The molecule has 0 aliphatic heterocycles. The van der Waals surface area contributed by atoms with Crippen LogP contribution in [0.2, 0.25) is 0 Å². The fourth-order valence-electron chi connectivity index (χ4n) is 3.37. The van der Waals surface area contributed by atoms with Gasteiger partial charge in [-0.05, 0) is 57.6 Å². The second-order valence-corrected chi connectivity index (χ2v) is 9.49. The first kappa shape index (κ1) is 22.8. The summed E-state index contributed by atoms with van der Waals surface area (Å²) in [6.07, 6.45) is 7.87. The van der Waals surface area contributed by atoms with Crippen molar-refractivity contribution in [3.8, 4) is 11.1 Å². The highest BCUT2D eigenvalue weighted by molar-refractivity contribution is 7.85. The molecule has 4 aromatic rings. The molecule has 5 heteroatoms. The lowest BCUT2D eigenvalue weighted by Crippen LogP contribution is -1.97. The van der Waals surface area contributed by atoms with Crippen LogP contribution < -0.4 is 0 Å². The molecule has 0 unspecified atom stereocenters. The van der Waals surface area contributed by atoms with E-state index < -0.39 is 10.1 Å². The minimum atomic E-state index is -4.21. The van der Waals surface area contributed by atoms with E-state index in [-0.39, 0.29) is 4.90 Å². The molecule has 0 amide bonds. The molecule has 0 spiro atoms. The van der Waals surface area contributed by atoms with E-state index in [1.165, 1.54) is 12.1 Å². The number of thiol groups is 1. The highest BCUT2D eigenvalue weighted by Gasteiger charge is 2.08. The maximum absolute atomic E-state index is 11.3. The van der Waals surface area contributed by atoms with Gasteiger partial charge in [-0.15, -0.1) is 12.6 Å². The predicted molar refractivity (Wildman–Crippen MR) is 140 cm³/mol. The van der Waals surface area contributed by atoms with Crippen LogP contribution in [0.4, 0.5) is 0 Å². The molecule has 0 bridgehead atoms. The largest absolute Gasteiger partial charge is 0.294 e. The van der Waals surface area contributed by atoms with Gasteiger partial charge in [-0.3, -0.25) is 4.55 Å². The van der Waals surface area contributed by atoms with Crippen molar-refractivity contribution in [3.05, 3.63) is 119 Å². The van der Waals surface area contributed by atoms with Crippen LogP contribution in [0.15, 0.2) is 107 Å². The summed E-state index contributed by atoms with van der Waals surface area (Å²) in [5, 5.41) is 0. The topological polar surface area (TPSA) is 54.4 Å². The highest BCUT2D eigenvalue weighted by Crippen LogP contribution is 2.22. The molecule has 0 aromatic heterocycles. The van der Waals surface area contributed by atoms with Gasteiger partial charge in [0, 0.05) is 4.90 Å². The third-order valence-corrected chi connectivity index (χ3v) is 6.25. The van der Waals surface area contributed by atoms with E-state index in [1.54, 1.807) is 12.1 Å². The van der Waals surface area contributed by atoms with Gasteiger partial charge in [0.2, 0.25) is 0 Å². The van der Waals surface area contributed by atoms with Crippen molar-refractivity contribution in [2.75, 3.05) is 0 Å². The normalized spacial score (nSPS) is 11.9. The van der Waals surface area contributed by atoms with Crippen LogP contribution in [0.3, 0.4) is 0 Å². The summed E-state index contributed by atoms with van der Waals surface area (Å²) < 4.78 is 31.8. The summed E-state index contributed by atoms with van der Waals surface area (Å²) >= 11 is 4.37.